The molecule has 2 rings (SSSR count). The predicted molar refractivity (Wildman–Crippen MR) is 85.7 cm³/mol. The monoisotopic (exact) mass is 295 g/mol. The molecule has 0 aromatic heterocycles. The molecule has 1 aliphatic rings. The van der Waals surface area contributed by atoms with Crippen LogP contribution < -0.4 is 10.1 Å². The molecule has 20 heavy (non-hydrogen) atoms. The summed E-state index contributed by atoms with van der Waals surface area (Å²) in [6.07, 6.45) is 6.27. The second kappa shape index (κ2) is 7.90. The maximum atomic E-state index is 6.10. The van der Waals surface area contributed by atoms with E-state index in [1.165, 1.54) is 25.7 Å². The standard InChI is InChI=1S/C17H26ClNO/c1-3-14-12-16(8-9-17(14)18)20-11-10-19-15-6-4-13(2)5-7-15/h8-9,12-13,15,19H,3-7,10-11H2,1-2H3. The largest absolute Gasteiger partial charge is 0.492 e. The van der Waals surface area contributed by atoms with Crippen LogP contribution in [0.1, 0.15) is 45.1 Å². The zero-order valence-corrected chi connectivity index (χ0v) is 13.4. The van der Waals surface area contributed by atoms with E-state index in [1.807, 2.05) is 18.2 Å². The van der Waals surface area contributed by atoms with Crippen molar-refractivity contribution in [2.45, 2.75) is 52.0 Å². The molecule has 112 valence electrons. The number of hydrogen-bond donors (Lipinski definition) is 1. The highest BCUT2D eigenvalue weighted by Gasteiger charge is 2.17. The summed E-state index contributed by atoms with van der Waals surface area (Å²) in [7, 11) is 0. The van der Waals surface area contributed by atoms with E-state index in [1.54, 1.807) is 0 Å². The van der Waals surface area contributed by atoms with Crippen molar-refractivity contribution in [3.8, 4) is 5.75 Å². The first kappa shape index (κ1) is 15.7. The van der Waals surface area contributed by atoms with Crippen molar-refractivity contribution >= 4 is 11.6 Å². The van der Waals surface area contributed by atoms with Gasteiger partial charge in [0.1, 0.15) is 12.4 Å². The Morgan fingerprint density at radius 2 is 2.00 bits per heavy atom. The third-order valence-electron chi connectivity index (χ3n) is 4.22. The van der Waals surface area contributed by atoms with Crippen LogP contribution in [0.15, 0.2) is 18.2 Å². The molecule has 0 spiro atoms. The molecule has 1 fully saturated rings. The molecule has 0 heterocycles. The van der Waals surface area contributed by atoms with Crippen LogP contribution in [-0.4, -0.2) is 19.2 Å². The lowest BCUT2D eigenvalue weighted by Crippen LogP contribution is -2.35. The van der Waals surface area contributed by atoms with Crippen molar-refractivity contribution in [2.75, 3.05) is 13.2 Å². The van der Waals surface area contributed by atoms with Crippen LogP contribution >= 0.6 is 11.6 Å². The van der Waals surface area contributed by atoms with Gasteiger partial charge in [-0.3, -0.25) is 0 Å². The number of aryl methyl sites for hydroxylation is 1. The molecule has 0 amide bonds. The van der Waals surface area contributed by atoms with E-state index < -0.39 is 0 Å². The molecule has 1 N–H and O–H groups in total. The topological polar surface area (TPSA) is 21.3 Å². The second-order valence-corrected chi connectivity index (χ2v) is 6.27. The number of ether oxygens (including phenoxy) is 1. The van der Waals surface area contributed by atoms with Gasteiger partial charge in [0.25, 0.3) is 0 Å². The fourth-order valence-corrected chi connectivity index (χ4v) is 3.06. The van der Waals surface area contributed by atoms with Gasteiger partial charge in [-0.2, -0.15) is 0 Å². The van der Waals surface area contributed by atoms with Gasteiger partial charge in [-0.15, -0.1) is 0 Å². The second-order valence-electron chi connectivity index (χ2n) is 5.87. The van der Waals surface area contributed by atoms with Gasteiger partial charge in [0, 0.05) is 17.6 Å². The number of hydrogen-bond acceptors (Lipinski definition) is 2. The highest BCUT2D eigenvalue weighted by Crippen LogP contribution is 2.24. The van der Waals surface area contributed by atoms with Gasteiger partial charge in [-0.1, -0.05) is 25.4 Å². The third kappa shape index (κ3) is 4.68. The average molecular weight is 296 g/mol. The minimum Gasteiger partial charge on any atom is -0.492 e. The maximum Gasteiger partial charge on any atom is 0.119 e. The molecule has 0 aliphatic heterocycles. The zero-order chi connectivity index (χ0) is 14.4. The first-order chi connectivity index (χ1) is 9.69. The Hall–Kier alpha value is -0.730. The number of halogens is 1. The lowest BCUT2D eigenvalue weighted by atomic mass is 9.87. The molecule has 0 saturated heterocycles. The summed E-state index contributed by atoms with van der Waals surface area (Å²) >= 11 is 6.10. The summed E-state index contributed by atoms with van der Waals surface area (Å²) in [6.45, 7) is 6.10. The van der Waals surface area contributed by atoms with E-state index in [4.69, 9.17) is 16.3 Å². The van der Waals surface area contributed by atoms with Crippen molar-refractivity contribution in [3.63, 3.8) is 0 Å². The predicted octanol–water partition coefficient (Wildman–Crippen LogP) is 4.45. The first-order valence-corrected chi connectivity index (χ1v) is 8.21. The summed E-state index contributed by atoms with van der Waals surface area (Å²) in [4.78, 5) is 0. The molecule has 2 nitrogen and oxygen atoms in total. The van der Waals surface area contributed by atoms with Crippen LogP contribution in [-0.2, 0) is 6.42 Å². The Balaban J connectivity index is 1.68. The SMILES string of the molecule is CCc1cc(OCCNC2CCC(C)CC2)ccc1Cl. The summed E-state index contributed by atoms with van der Waals surface area (Å²) in [6, 6.07) is 6.60. The van der Waals surface area contributed by atoms with Crippen LogP contribution in [0.25, 0.3) is 0 Å². The van der Waals surface area contributed by atoms with Crippen molar-refractivity contribution in [1.29, 1.82) is 0 Å². The molecular weight excluding hydrogens is 270 g/mol. The molecule has 1 saturated carbocycles. The highest BCUT2D eigenvalue weighted by atomic mass is 35.5. The summed E-state index contributed by atoms with van der Waals surface area (Å²) in [5.74, 6) is 1.83. The van der Waals surface area contributed by atoms with Gasteiger partial charge < -0.3 is 10.1 Å². The fraction of sp³-hybridized carbons (Fsp3) is 0.647. The van der Waals surface area contributed by atoms with Crippen LogP contribution in [0.3, 0.4) is 0 Å². The van der Waals surface area contributed by atoms with E-state index in [2.05, 4.69) is 19.2 Å². The van der Waals surface area contributed by atoms with Crippen LogP contribution in [0.5, 0.6) is 5.75 Å². The Morgan fingerprint density at radius 3 is 2.70 bits per heavy atom. The van der Waals surface area contributed by atoms with Gasteiger partial charge >= 0.3 is 0 Å². The van der Waals surface area contributed by atoms with Gasteiger partial charge in [0.2, 0.25) is 0 Å². The van der Waals surface area contributed by atoms with Crippen molar-refractivity contribution in [1.82, 2.24) is 5.32 Å². The first-order valence-electron chi connectivity index (χ1n) is 7.83. The van der Waals surface area contributed by atoms with Crippen molar-refractivity contribution in [3.05, 3.63) is 28.8 Å². The smallest absolute Gasteiger partial charge is 0.119 e. The van der Waals surface area contributed by atoms with Crippen LogP contribution in [0.4, 0.5) is 0 Å². The normalized spacial score (nSPS) is 22.8. The van der Waals surface area contributed by atoms with Crippen molar-refractivity contribution in [2.24, 2.45) is 5.92 Å². The Morgan fingerprint density at radius 1 is 1.25 bits per heavy atom. The summed E-state index contributed by atoms with van der Waals surface area (Å²) in [5.41, 5.74) is 1.15. The minimum atomic E-state index is 0.686. The maximum absolute atomic E-state index is 6.10. The molecule has 0 bridgehead atoms. The van der Waals surface area contributed by atoms with Crippen molar-refractivity contribution < 1.29 is 4.74 Å². The van der Waals surface area contributed by atoms with E-state index in [-0.39, 0.29) is 0 Å². The highest BCUT2D eigenvalue weighted by molar-refractivity contribution is 6.31. The van der Waals surface area contributed by atoms with Gasteiger partial charge in [0.05, 0.1) is 0 Å². The molecule has 1 aromatic carbocycles. The molecule has 0 atom stereocenters. The Bertz CT molecular complexity index is 413. The van der Waals surface area contributed by atoms with Crippen LogP contribution in [0.2, 0.25) is 5.02 Å². The number of benzene rings is 1. The van der Waals surface area contributed by atoms with E-state index >= 15 is 0 Å². The van der Waals surface area contributed by atoms with E-state index in [0.717, 1.165) is 41.8 Å². The van der Waals surface area contributed by atoms with Crippen LogP contribution in [0, 0.1) is 5.92 Å². The minimum absolute atomic E-state index is 0.686. The third-order valence-corrected chi connectivity index (χ3v) is 4.59. The summed E-state index contributed by atoms with van der Waals surface area (Å²) < 4.78 is 5.79. The number of nitrogens with one attached hydrogen (secondary N) is 1. The molecule has 1 aliphatic carbocycles. The quantitative estimate of drug-likeness (QED) is 0.783. The molecule has 1 aromatic rings. The molecule has 3 heteroatoms. The van der Waals surface area contributed by atoms with Gasteiger partial charge in [0.15, 0.2) is 0 Å². The Labute approximate surface area is 127 Å². The molecular formula is C17H26ClNO. The van der Waals surface area contributed by atoms with Gasteiger partial charge in [-0.05, 0) is 61.8 Å². The average Bonchev–Trinajstić information content (AvgIpc) is 2.47. The zero-order valence-electron chi connectivity index (χ0n) is 12.6. The fourth-order valence-electron chi connectivity index (χ4n) is 2.81. The lowest BCUT2D eigenvalue weighted by molar-refractivity contribution is 0.270. The Kier molecular flexibility index (Phi) is 6.18. The van der Waals surface area contributed by atoms with E-state index in [0.29, 0.717) is 6.04 Å². The van der Waals surface area contributed by atoms with Gasteiger partial charge in [-0.25, -0.2) is 0 Å². The molecule has 0 unspecified atom stereocenters. The number of rotatable bonds is 6. The summed E-state index contributed by atoms with van der Waals surface area (Å²) in [5, 5.41) is 4.43. The molecule has 0 radical (unpaired) electrons. The lowest BCUT2D eigenvalue weighted by Gasteiger charge is -2.27. The van der Waals surface area contributed by atoms with E-state index in [9.17, 15) is 0 Å².